The molecule has 0 aromatic heterocycles. The minimum Gasteiger partial charge on any atom is -0.466 e. The van der Waals surface area contributed by atoms with E-state index in [0.29, 0.717) is 44.1 Å². The maximum atomic E-state index is 13.7. The smallest absolute Gasteiger partial charge is 0.305 e. The first-order valence-electron chi connectivity index (χ1n) is 16.6. The van der Waals surface area contributed by atoms with Crippen molar-refractivity contribution in [3.8, 4) is 6.07 Å². The molecular formula is C36H48N4O7. The number of benzene rings is 1. The molecular weight excluding hydrogens is 600 g/mol. The van der Waals surface area contributed by atoms with Gasteiger partial charge in [-0.2, -0.15) is 5.26 Å². The number of ether oxygens (including phenoxy) is 2. The average Bonchev–Trinajstić information content (AvgIpc) is 3.24. The number of anilines is 1. The molecule has 0 saturated heterocycles. The second-order valence-electron chi connectivity index (χ2n) is 12.5. The molecule has 1 atom stereocenters. The van der Waals surface area contributed by atoms with Gasteiger partial charge in [-0.05, 0) is 68.4 Å². The molecule has 0 saturated carbocycles. The predicted molar refractivity (Wildman–Crippen MR) is 179 cm³/mol. The monoisotopic (exact) mass is 648 g/mol. The standard InChI is InChI=1S/C36H48N4O7/c1-7-10-13-26(8-2)24-46-21-12-20-39-34(42)28(25(4)29(23-37)35(39)43)16-18-32-36(5,6)30-22-27(40(44)45)15-17-31(30)38(32)19-11-14-33(41)47-9-3/h15-18,22,26H,7-14,19-21,24H2,1-6H3/b28-16-,32-18+. The number of non-ortho nitro benzene ring substituents is 1. The third-order valence-corrected chi connectivity index (χ3v) is 8.95. The van der Waals surface area contributed by atoms with Crippen LogP contribution in [0.5, 0.6) is 0 Å². The lowest BCUT2D eigenvalue weighted by molar-refractivity contribution is -0.384. The molecule has 11 heteroatoms. The highest BCUT2D eigenvalue weighted by Crippen LogP contribution is 2.49. The Balaban J connectivity index is 1.90. The summed E-state index contributed by atoms with van der Waals surface area (Å²) in [7, 11) is 0. The van der Waals surface area contributed by atoms with Crippen LogP contribution < -0.4 is 4.90 Å². The summed E-state index contributed by atoms with van der Waals surface area (Å²) < 4.78 is 11.0. The number of rotatable bonds is 17. The summed E-state index contributed by atoms with van der Waals surface area (Å²) in [6, 6.07) is 6.69. The van der Waals surface area contributed by atoms with Crippen LogP contribution in [0.1, 0.15) is 92.1 Å². The van der Waals surface area contributed by atoms with E-state index in [1.807, 2.05) is 24.8 Å². The first kappa shape index (κ1) is 37.2. The molecule has 11 nitrogen and oxygen atoms in total. The normalized spacial score (nSPS) is 18.1. The summed E-state index contributed by atoms with van der Waals surface area (Å²) in [5.41, 5.74) is 1.97. The van der Waals surface area contributed by atoms with E-state index in [2.05, 4.69) is 13.8 Å². The molecule has 3 rings (SSSR count). The number of imide groups is 1. The first-order valence-corrected chi connectivity index (χ1v) is 16.6. The number of nitriles is 1. The maximum absolute atomic E-state index is 13.7. The van der Waals surface area contributed by atoms with Crippen molar-refractivity contribution < 1.29 is 28.8 Å². The molecule has 0 bridgehead atoms. The van der Waals surface area contributed by atoms with E-state index in [1.165, 1.54) is 6.07 Å². The fourth-order valence-electron chi connectivity index (χ4n) is 6.13. The van der Waals surface area contributed by atoms with E-state index in [-0.39, 0.29) is 42.4 Å². The van der Waals surface area contributed by atoms with Crippen LogP contribution in [0.25, 0.3) is 0 Å². The number of unbranched alkanes of at least 4 members (excludes halogenated alkanes) is 1. The molecule has 254 valence electrons. The lowest BCUT2D eigenvalue weighted by atomic mass is 9.83. The van der Waals surface area contributed by atoms with Crippen LogP contribution in [0.3, 0.4) is 0 Å². The van der Waals surface area contributed by atoms with Crippen LogP contribution in [0.4, 0.5) is 11.4 Å². The van der Waals surface area contributed by atoms with Crippen LogP contribution in [0.2, 0.25) is 0 Å². The molecule has 47 heavy (non-hydrogen) atoms. The summed E-state index contributed by atoms with van der Waals surface area (Å²) in [6.07, 6.45) is 8.95. The number of amides is 2. The van der Waals surface area contributed by atoms with Crippen LogP contribution in [-0.4, -0.2) is 60.5 Å². The number of esters is 1. The summed E-state index contributed by atoms with van der Waals surface area (Å²) >= 11 is 0. The highest BCUT2D eigenvalue weighted by molar-refractivity contribution is 6.18. The zero-order valence-electron chi connectivity index (χ0n) is 28.6. The molecule has 0 aliphatic carbocycles. The molecule has 0 fully saturated rings. The number of allylic oxidation sites excluding steroid dienone is 3. The predicted octanol–water partition coefficient (Wildman–Crippen LogP) is 6.68. The number of nitrogens with zero attached hydrogens (tertiary/aromatic N) is 4. The third kappa shape index (κ3) is 8.74. The molecule has 2 aliphatic rings. The van der Waals surface area contributed by atoms with Gasteiger partial charge >= 0.3 is 5.97 Å². The Labute approximate surface area is 278 Å². The Hall–Kier alpha value is -4.30. The van der Waals surface area contributed by atoms with Gasteiger partial charge in [0, 0.05) is 67.2 Å². The fraction of sp³-hybridized carbons (Fsp3) is 0.556. The molecule has 0 radical (unpaired) electrons. The van der Waals surface area contributed by atoms with Crippen molar-refractivity contribution in [2.75, 3.05) is 37.8 Å². The molecule has 1 unspecified atom stereocenters. The average molecular weight is 649 g/mol. The Morgan fingerprint density at radius 2 is 1.81 bits per heavy atom. The van der Waals surface area contributed by atoms with Gasteiger partial charge < -0.3 is 14.4 Å². The Morgan fingerprint density at radius 3 is 2.45 bits per heavy atom. The van der Waals surface area contributed by atoms with E-state index < -0.39 is 22.2 Å². The quantitative estimate of drug-likeness (QED) is 0.0451. The summed E-state index contributed by atoms with van der Waals surface area (Å²) in [6.45, 7) is 13.4. The van der Waals surface area contributed by atoms with Crippen molar-refractivity contribution in [2.24, 2.45) is 5.92 Å². The van der Waals surface area contributed by atoms with Gasteiger partial charge in [-0.1, -0.05) is 47.0 Å². The second-order valence-corrected chi connectivity index (χ2v) is 12.5. The third-order valence-electron chi connectivity index (χ3n) is 8.95. The molecule has 2 heterocycles. The van der Waals surface area contributed by atoms with Crippen LogP contribution in [0.15, 0.2) is 52.8 Å². The number of carbonyl (C=O) groups excluding carboxylic acids is 3. The maximum Gasteiger partial charge on any atom is 0.305 e. The summed E-state index contributed by atoms with van der Waals surface area (Å²) in [4.78, 5) is 53.2. The number of hydrogen-bond donors (Lipinski definition) is 0. The Kier molecular flexibility index (Phi) is 13.5. The minimum atomic E-state index is -0.698. The van der Waals surface area contributed by atoms with Crippen LogP contribution in [0, 0.1) is 27.4 Å². The van der Waals surface area contributed by atoms with E-state index in [0.717, 1.165) is 47.5 Å². The zero-order chi connectivity index (χ0) is 34.7. The largest absolute Gasteiger partial charge is 0.466 e. The van der Waals surface area contributed by atoms with Crippen LogP contribution in [-0.2, 0) is 29.3 Å². The molecule has 2 amide bonds. The topological polar surface area (TPSA) is 143 Å². The van der Waals surface area contributed by atoms with E-state index in [9.17, 15) is 29.8 Å². The van der Waals surface area contributed by atoms with Gasteiger partial charge in [0.15, 0.2) is 0 Å². The van der Waals surface area contributed by atoms with Gasteiger partial charge in [-0.25, -0.2) is 0 Å². The number of carbonyl (C=O) groups is 3. The summed E-state index contributed by atoms with van der Waals surface area (Å²) in [5, 5.41) is 21.5. The van der Waals surface area contributed by atoms with Gasteiger partial charge in [0.25, 0.3) is 17.5 Å². The molecule has 2 aliphatic heterocycles. The number of hydrogen-bond acceptors (Lipinski definition) is 9. The van der Waals surface area contributed by atoms with Crippen molar-refractivity contribution in [3.63, 3.8) is 0 Å². The number of nitro benzene ring substituents is 1. The molecule has 1 aromatic carbocycles. The fourth-order valence-corrected chi connectivity index (χ4v) is 6.13. The first-order chi connectivity index (χ1) is 22.4. The Bertz CT molecular complexity index is 1480. The molecule has 0 N–H and O–H groups in total. The van der Waals surface area contributed by atoms with Crippen molar-refractivity contribution in [1.82, 2.24) is 4.90 Å². The molecule has 0 spiro atoms. The minimum absolute atomic E-state index is 0.0351. The Morgan fingerprint density at radius 1 is 1.09 bits per heavy atom. The van der Waals surface area contributed by atoms with Crippen molar-refractivity contribution in [2.45, 2.75) is 91.9 Å². The highest BCUT2D eigenvalue weighted by atomic mass is 16.6. The number of nitro groups is 1. The van der Waals surface area contributed by atoms with Crippen molar-refractivity contribution in [3.05, 3.63) is 68.4 Å². The van der Waals surface area contributed by atoms with Gasteiger partial charge in [0.1, 0.15) is 11.6 Å². The highest BCUT2D eigenvalue weighted by Gasteiger charge is 2.41. The van der Waals surface area contributed by atoms with Gasteiger partial charge in [-0.15, -0.1) is 0 Å². The van der Waals surface area contributed by atoms with Crippen LogP contribution >= 0.6 is 0 Å². The SMILES string of the molecule is CCCCC(CC)COCCCN1C(=O)C(C#N)=C(C)/C(=C/C=C2/N(CCCC(=O)OCC)c3ccc([N+](=O)[O-])cc3C2(C)C)C1=O. The van der Waals surface area contributed by atoms with Crippen molar-refractivity contribution in [1.29, 1.82) is 5.26 Å². The number of fused-ring (bicyclic) bond motifs is 1. The molecule has 1 aromatic rings. The lowest BCUT2D eigenvalue weighted by Gasteiger charge is -2.29. The summed E-state index contributed by atoms with van der Waals surface area (Å²) in [5.74, 6) is -0.934. The van der Waals surface area contributed by atoms with E-state index in [1.54, 1.807) is 38.1 Å². The van der Waals surface area contributed by atoms with E-state index >= 15 is 0 Å². The zero-order valence-corrected chi connectivity index (χ0v) is 28.6. The van der Waals surface area contributed by atoms with Gasteiger partial charge in [-0.3, -0.25) is 29.4 Å². The van der Waals surface area contributed by atoms with Crippen molar-refractivity contribution >= 4 is 29.2 Å². The van der Waals surface area contributed by atoms with Gasteiger partial charge in [0.2, 0.25) is 0 Å². The van der Waals surface area contributed by atoms with E-state index in [4.69, 9.17) is 9.47 Å². The lowest BCUT2D eigenvalue weighted by Crippen LogP contribution is -2.43. The second kappa shape index (κ2) is 17.0. The van der Waals surface area contributed by atoms with Gasteiger partial charge in [0.05, 0.1) is 11.5 Å².